The Kier molecular flexibility index (Phi) is 10.3. The van der Waals surface area contributed by atoms with Crippen LogP contribution in [-0.4, -0.2) is 71.2 Å². The minimum atomic E-state index is -0.479. The number of anilines is 1. The van der Waals surface area contributed by atoms with Crippen LogP contribution in [0.4, 0.5) is 10.1 Å². The molecule has 0 aliphatic carbocycles. The highest BCUT2D eigenvalue weighted by Crippen LogP contribution is 2.11. The molecule has 156 valence electrons. The van der Waals surface area contributed by atoms with E-state index < -0.39 is 6.67 Å². The standard InChI is InChI=1S/C21H27FN4O3/c1-26(2)20-6-3-18(4-7-20)16-24-25-17-19-5-8-21(23-15-19)29-14-13-28-12-11-27-10-9-22/h3-8,15-17H,9-14H2,1-2H3/b24-16+,25-17+. The van der Waals surface area contributed by atoms with Crippen molar-refractivity contribution in [1.29, 1.82) is 0 Å². The smallest absolute Gasteiger partial charge is 0.213 e. The van der Waals surface area contributed by atoms with Gasteiger partial charge in [-0.15, -0.1) is 0 Å². The highest BCUT2D eigenvalue weighted by atomic mass is 19.1. The Morgan fingerprint density at radius 3 is 2.10 bits per heavy atom. The molecule has 0 bridgehead atoms. The summed E-state index contributed by atoms with van der Waals surface area (Å²) in [7, 11) is 4.00. The van der Waals surface area contributed by atoms with Gasteiger partial charge in [0.05, 0.1) is 38.9 Å². The van der Waals surface area contributed by atoms with Crippen LogP contribution < -0.4 is 9.64 Å². The van der Waals surface area contributed by atoms with Gasteiger partial charge in [0.1, 0.15) is 13.3 Å². The molecule has 8 heteroatoms. The topological polar surface area (TPSA) is 68.5 Å². The molecule has 0 atom stereocenters. The number of rotatable bonds is 13. The van der Waals surface area contributed by atoms with E-state index >= 15 is 0 Å². The van der Waals surface area contributed by atoms with E-state index in [0.29, 0.717) is 32.3 Å². The number of ether oxygens (including phenoxy) is 3. The predicted molar refractivity (Wildman–Crippen MR) is 113 cm³/mol. The van der Waals surface area contributed by atoms with Gasteiger partial charge in [-0.1, -0.05) is 12.1 Å². The number of alkyl halides is 1. The number of hydrogen-bond donors (Lipinski definition) is 0. The van der Waals surface area contributed by atoms with Crippen molar-refractivity contribution in [3.05, 3.63) is 53.7 Å². The first-order chi connectivity index (χ1) is 14.2. The number of nitrogens with zero attached hydrogens (tertiary/aromatic N) is 4. The summed E-state index contributed by atoms with van der Waals surface area (Å²) in [6.45, 7) is 1.20. The van der Waals surface area contributed by atoms with Gasteiger partial charge in [-0.3, -0.25) is 0 Å². The van der Waals surface area contributed by atoms with Gasteiger partial charge in [0, 0.05) is 37.6 Å². The Balaban J connectivity index is 1.67. The fourth-order valence-corrected chi connectivity index (χ4v) is 2.19. The van der Waals surface area contributed by atoms with Gasteiger partial charge in [0.25, 0.3) is 0 Å². The van der Waals surface area contributed by atoms with Gasteiger partial charge in [0.15, 0.2) is 0 Å². The molecule has 0 amide bonds. The average Bonchev–Trinajstić information content (AvgIpc) is 2.74. The van der Waals surface area contributed by atoms with Crippen LogP contribution in [0.2, 0.25) is 0 Å². The molecule has 2 rings (SSSR count). The summed E-state index contributed by atoms with van der Waals surface area (Å²) in [5.74, 6) is 0.504. The summed E-state index contributed by atoms with van der Waals surface area (Å²) >= 11 is 0. The van der Waals surface area contributed by atoms with Crippen molar-refractivity contribution >= 4 is 18.1 Å². The number of hydrogen-bond acceptors (Lipinski definition) is 7. The number of halogens is 1. The van der Waals surface area contributed by atoms with E-state index in [1.165, 1.54) is 0 Å². The van der Waals surface area contributed by atoms with Crippen molar-refractivity contribution in [2.75, 3.05) is 58.7 Å². The fraction of sp³-hybridized carbons (Fsp3) is 0.381. The van der Waals surface area contributed by atoms with Crippen LogP contribution in [0.3, 0.4) is 0 Å². The minimum Gasteiger partial charge on any atom is -0.475 e. The highest BCUT2D eigenvalue weighted by molar-refractivity contribution is 5.82. The minimum absolute atomic E-state index is 0.106. The maximum Gasteiger partial charge on any atom is 0.213 e. The Bertz CT molecular complexity index is 750. The molecular formula is C21H27FN4O3. The molecule has 0 unspecified atom stereocenters. The molecule has 1 aromatic carbocycles. The molecule has 0 aliphatic rings. The van der Waals surface area contributed by atoms with Crippen molar-refractivity contribution in [2.45, 2.75) is 0 Å². The summed E-state index contributed by atoms with van der Waals surface area (Å²) in [5, 5.41) is 8.09. The van der Waals surface area contributed by atoms with Gasteiger partial charge >= 0.3 is 0 Å². The van der Waals surface area contributed by atoms with E-state index in [9.17, 15) is 4.39 Å². The van der Waals surface area contributed by atoms with E-state index in [4.69, 9.17) is 14.2 Å². The molecule has 0 spiro atoms. The first-order valence-electron chi connectivity index (χ1n) is 9.33. The summed E-state index contributed by atoms with van der Waals surface area (Å²) in [6.07, 6.45) is 4.98. The Morgan fingerprint density at radius 1 is 0.862 bits per heavy atom. The van der Waals surface area contributed by atoms with Gasteiger partial charge in [0.2, 0.25) is 5.88 Å². The zero-order valence-corrected chi connectivity index (χ0v) is 16.8. The Labute approximate surface area is 170 Å². The lowest BCUT2D eigenvalue weighted by Gasteiger charge is -2.11. The quantitative estimate of drug-likeness (QED) is 0.293. The number of pyridine rings is 1. The fourth-order valence-electron chi connectivity index (χ4n) is 2.19. The SMILES string of the molecule is CN(C)c1ccc(/C=N/N=C/c2ccc(OCCOCCOCCF)nc2)cc1. The zero-order valence-electron chi connectivity index (χ0n) is 16.8. The molecule has 0 saturated carbocycles. The molecule has 0 N–H and O–H groups in total. The van der Waals surface area contributed by atoms with E-state index in [1.807, 2.05) is 49.3 Å². The molecule has 1 heterocycles. The Morgan fingerprint density at radius 2 is 1.48 bits per heavy atom. The molecule has 0 radical (unpaired) electrons. The lowest BCUT2D eigenvalue weighted by atomic mass is 10.2. The maximum absolute atomic E-state index is 11.8. The summed E-state index contributed by atoms with van der Waals surface area (Å²) in [6, 6.07) is 11.6. The third-order valence-corrected chi connectivity index (χ3v) is 3.72. The Hall–Kier alpha value is -2.84. The summed E-state index contributed by atoms with van der Waals surface area (Å²) < 4.78 is 27.6. The van der Waals surface area contributed by atoms with Crippen LogP contribution in [-0.2, 0) is 9.47 Å². The van der Waals surface area contributed by atoms with Crippen molar-refractivity contribution in [2.24, 2.45) is 10.2 Å². The van der Waals surface area contributed by atoms with E-state index in [1.54, 1.807) is 24.7 Å². The molecule has 7 nitrogen and oxygen atoms in total. The van der Waals surface area contributed by atoms with Crippen LogP contribution >= 0.6 is 0 Å². The largest absolute Gasteiger partial charge is 0.475 e. The van der Waals surface area contributed by atoms with Crippen LogP contribution in [0.15, 0.2) is 52.8 Å². The van der Waals surface area contributed by atoms with E-state index in [2.05, 4.69) is 15.2 Å². The number of aromatic nitrogens is 1. The predicted octanol–water partition coefficient (Wildman–Crippen LogP) is 2.98. The zero-order chi connectivity index (χ0) is 20.7. The molecular weight excluding hydrogens is 375 g/mol. The molecule has 0 fully saturated rings. The lowest BCUT2D eigenvalue weighted by molar-refractivity contribution is 0.0320. The van der Waals surface area contributed by atoms with Crippen LogP contribution in [0.5, 0.6) is 5.88 Å². The molecule has 0 saturated heterocycles. The van der Waals surface area contributed by atoms with Crippen molar-refractivity contribution < 1.29 is 18.6 Å². The molecule has 2 aromatic rings. The lowest BCUT2D eigenvalue weighted by Crippen LogP contribution is -2.11. The summed E-state index contributed by atoms with van der Waals surface area (Å²) in [5.41, 5.74) is 2.93. The first kappa shape index (κ1) is 22.4. The normalized spacial score (nSPS) is 11.4. The second kappa shape index (κ2) is 13.4. The van der Waals surface area contributed by atoms with Crippen molar-refractivity contribution in [3.63, 3.8) is 0 Å². The third kappa shape index (κ3) is 9.27. The third-order valence-electron chi connectivity index (χ3n) is 3.72. The monoisotopic (exact) mass is 402 g/mol. The summed E-state index contributed by atoms with van der Waals surface area (Å²) in [4.78, 5) is 6.25. The second-order valence-corrected chi connectivity index (χ2v) is 6.17. The van der Waals surface area contributed by atoms with Crippen LogP contribution in [0.25, 0.3) is 0 Å². The average molecular weight is 402 g/mol. The van der Waals surface area contributed by atoms with Crippen LogP contribution in [0, 0.1) is 0 Å². The highest BCUT2D eigenvalue weighted by Gasteiger charge is 1.97. The van der Waals surface area contributed by atoms with Gasteiger partial charge < -0.3 is 19.1 Å². The van der Waals surface area contributed by atoms with Gasteiger partial charge in [-0.2, -0.15) is 10.2 Å². The second-order valence-electron chi connectivity index (χ2n) is 6.17. The molecule has 0 aliphatic heterocycles. The molecule has 29 heavy (non-hydrogen) atoms. The van der Waals surface area contributed by atoms with Gasteiger partial charge in [-0.05, 0) is 23.8 Å². The van der Waals surface area contributed by atoms with Crippen molar-refractivity contribution in [3.8, 4) is 5.88 Å². The number of benzene rings is 1. The van der Waals surface area contributed by atoms with Crippen LogP contribution in [0.1, 0.15) is 11.1 Å². The van der Waals surface area contributed by atoms with E-state index in [0.717, 1.165) is 16.8 Å². The van der Waals surface area contributed by atoms with E-state index in [-0.39, 0.29) is 6.61 Å². The van der Waals surface area contributed by atoms with Crippen molar-refractivity contribution in [1.82, 2.24) is 4.98 Å². The maximum atomic E-state index is 11.8. The molecule has 1 aromatic heterocycles. The van der Waals surface area contributed by atoms with Gasteiger partial charge in [-0.25, -0.2) is 9.37 Å². The first-order valence-corrected chi connectivity index (χ1v) is 9.33.